The second-order valence-corrected chi connectivity index (χ2v) is 5.81. The molecular weight excluding hydrogens is 216 g/mol. The molecule has 3 atom stereocenters. The first-order valence-electron chi connectivity index (χ1n) is 6.93. The van der Waals surface area contributed by atoms with Crippen LogP contribution in [0.2, 0.25) is 0 Å². The van der Waals surface area contributed by atoms with Crippen molar-refractivity contribution >= 4 is 5.97 Å². The van der Waals surface area contributed by atoms with Crippen LogP contribution in [-0.2, 0) is 4.79 Å². The number of nitrogens with zero attached hydrogens (tertiary/aromatic N) is 2. The van der Waals surface area contributed by atoms with Crippen LogP contribution in [0.1, 0.15) is 26.2 Å². The van der Waals surface area contributed by atoms with Gasteiger partial charge in [0.2, 0.25) is 0 Å². The lowest BCUT2D eigenvalue weighted by molar-refractivity contribution is -0.145. The molecule has 4 heterocycles. The first-order chi connectivity index (χ1) is 8.22. The van der Waals surface area contributed by atoms with Crippen molar-refractivity contribution in [1.82, 2.24) is 9.80 Å². The molecule has 4 rings (SSSR count). The largest absolute Gasteiger partial charge is 0.480 e. The number of hydrogen-bond acceptors (Lipinski definition) is 3. The molecule has 0 spiro atoms. The van der Waals surface area contributed by atoms with Gasteiger partial charge in [-0.15, -0.1) is 0 Å². The van der Waals surface area contributed by atoms with Crippen molar-refractivity contribution in [2.75, 3.05) is 26.2 Å². The highest BCUT2D eigenvalue weighted by Crippen LogP contribution is 2.43. The van der Waals surface area contributed by atoms with Gasteiger partial charge in [-0.1, -0.05) is 6.92 Å². The highest BCUT2D eigenvalue weighted by molar-refractivity contribution is 5.75. The van der Waals surface area contributed by atoms with Gasteiger partial charge in [0.25, 0.3) is 0 Å². The molecular formula is C13H22N2O2. The standard InChI is InChI=1S/C13H22N2O2/c1-2-5-15-8-10-9-3-6-14(7-4-9)11(10)12(15)13(16)17/h9-12H,2-8H2,1H3,(H,16,17). The van der Waals surface area contributed by atoms with E-state index in [4.69, 9.17) is 0 Å². The van der Waals surface area contributed by atoms with E-state index in [9.17, 15) is 9.90 Å². The summed E-state index contributed by atoms with van der Waals surface area (Å²) in [5.74, 6) is 0.789. The van der Waals surface area contributed by atoms with Crippen LogP contribution in [0.3, 0.4) is 0 Å². The van der Waals surface area contributed by atoms with Crippen LogP contribution in [0, 0.1) is 11.8 Å². The predicted octanol–water partition coefficient (Wildman–Crippen LogP) is 0.876. The molecule has 1 N–H and O–H groups in total. The fraction of sp³-hybridized carbons (Fsp3) is 0.923. The third kappa shape index (κ3) is 1.69. The first-order valence-corrected chi connectivity index (χ1v) is 6.93. The van der Waals surface area contributed by atoms with Gasteiger partial charge in [0.1, 0.15) is 6.04 Å². The summed E-state index contributed by atoms with van der Waals surface area (Å²) < 4.78 is 0. The zero-order chi connectivity index (χ0) is 12.0. The number of likely N-dealkylation sites (tertiary alicyclic amines) is 1. The summed E-state index contributed by atoms with van der Waals surface area (Å²) in [5, 5.41) is 9.51. The Kier molecular flexibility index (Phi) is 2.87. The van der Waals surface area contributed by atoms with Gasteiger partial charge in [0.15, 0.2) is 0 Å². The van der Waals surface area contributed by atoms with Gasteiger partial charge in [-0.2, -0.15) is 0 Å². The van der Waals surface area contributed by atoms with Gasteiger partial charge >= 0.3 is 5.97 Å². The van der Waals surface area contributed by atoms with E-state index in [0.717, 1.165) is 38.5 Å². The minimum Gasteiger partial charge on any atom is -0.480 e. The Bertz CT molecular complexity index is 313. The van der Waals surface area contributed by atoms with Crippen LogP contribution in [0.25, 0.3) is 0 Å². The molecule has 3 unspecified atom stereocenters. The highest BCUT2D eigenvalue weighted by Gasteiger charge is 2.54. The van der Waals surface area contributed by atoms with E-state index in [2.05, 4.69) is 16.7 Å². The quantitative estimate of drug-likeness (QED) is 0.792. The minimum absolute atomic E-state index is 0.247. The Hall–Kier alpha value is -0.610. The number of carboxylic acids is 1. The summed E-state index contributed by atoms with van der Waals surface area (Å²) in [7, 11) is 0. The van der Waals surface area contributed by atoms with Crippen molar-refractivity contribution in [2.24, 2.45) is 11.8 Å². The lowest BCUT2D eigenvalue weighted by Crippen LogP contribution is -2.58. The number of rotatable bonds is 3. The number of hydrogen-bond donors (Lipinski definition) is 1. The Morgan fingerprint density at radius 2 is 2.06 bits per heavy atom. The topological polar surface area (TPSA) is 43.8 Å². The van der Waals surface area contributed by atoms with Crippen LogP contribution >= 0.6 is 0 Å². The van der Waals surface area contributed by atoms with E-state index in [1.54, 1.807) is 0 Å². The van der Waals surface area contributed by atoms with Gasteiger partial charge in [0.05, 0.1) is 0 Å². The van der Waals surface area contributed by atoms with Crippen LogP contribution in [0.4, 0.5) is 0 Å². The Balaban J connectivity index is 1.86. The third-order valence-corrected chi connectivity index (χ3v) is 4.97. The normalized spacial score (nSPS) is 44.9. The lowest BCUT2D eigenvalue weighted by Gasteiger charge is -2.48. The second-order valence-electron chi connectivity index (χ2n) is 5.81. The molecule has 0 aromatic rings. The summed E-state index contributed by atoms with van der Waals surface area (Å²) in [6, 6.07) is 0.0506. The number of aliphatic carboxylic acids is 1. The van der Waals surface area contributed by atoms with Crippen LogP contribution in [0.5, 0.6) is 0 Å². The molecule has 17 heavy (non-hydrogen) atoms. The maximum absolute atomic E-state index is 11.5. The Morgan fingerprint density at radius 3 is 2.65 bits per heavy atom. The average molecular weight is 238 g/mol. The molecule has 0 aliphatic carbocycles. The van der Waals surface area contributed by atoms with Crippen LogP contribution < -0.4 is 0 Å². The second kappa shape index (κ2) is 4.25. The van der Waals surface area contributed by atoms with E-state index in [1.165, 1.54) is 12.8 Å². The minimum atomic E-state index is -0.612. The molecule has 0 aromatic carbocycles. The van der Waals surface area contributed by atoms with Gasteiger partial charge in [0, 0.05) is 12.6 Å². The van der Waals surface area contributed by atoms with Crippen molar-refractivity contribution in [1.29, 1.82) is 0 Å². The molecule has 0 radical (unpaired) electrons. The monoisotopic (exact) mass is 238 g/mol. The van der Waals surface area contributed by atoms with Crippen molar-refractivity contribution in [3.8, 4) is 0 Å². The van der Waals surface area contributed by atoms with E-state index in [0.29, 0.717) is 12.0 Å². The molecule has 96 valence electrons. The van der Waals surface area contributed by atoms with E-state index in [-0.39, 0.29) is 6.04 Å². The molecule has 4 saturated heterocycles. The van der Waals surface area contributed by atoms with Crippen LogP contribution in [0.15, 0.2) is 0 Å². The number of carbonyl (C=O) groups is 1. The molecule has 0 saturated carbocycles. The maximum atomic E-state index is 11.5. The number of carboxylic acid groups (broad SMARTS) is 1. The van der Waals surface area contributed by atoms with Gasteiger partial charge in [-0.25, -0.2) is 0 Å². The van der Waals surface area contributed by atoms with Gasteiger partial charge < -0.3 is 5.11 Å². The van der Waals surface area contributed by atoms with Gasteiger partial charge in [-0.05, 0) is 50.7 Å². The zero-order valence-corrected chi connectivity index (χ0v) is 10.5. The predicted molar refractivity (Wildman–Crippen MR) is 64.9 cm³/mol. The molecule has 4 nitrogen and oxygen atoms in total. The third-order valence-electron chi connectivity index (χ3n) is 4.97. The van der Waals surface area contributed by atoms with Gasteiger partial charge in [-0.3, -0.25) is 14.6 Å². The fourth-order valence-electron chi connectivity index (χ4n) is 4.31. The molecule has 2 bridgehead atoms. The number of fused-ring (bicyclic) bond motifs is 2. The van der Waals surface area contributed by atoms with Crippen molar-refractivity contribution < 1.29 is 9.90 Å². The van der Waals surface area contributed by atoms with E-state index >= 15 is 0 Å². The molecule has 4 aliphatic rings. The lowest BCUT2D eigenvalue weighted by atomic mass is 9.74. The molecule has 0 amide bonds. The average Bonchev–Trinajstić information content (AvgIpc) is 2.71. The molecule has 4 heteroatoms. The summed E-state index contributed by atoms with van der Waals surface area (Å²) in [6.07, 6.45) is 3.62. The summed E-state index contributed by atoms with van der Waals surface area (Å²) >= 11 is 0. The van der Waals surface area contributed by atoms with E-state index in [1.807, 2.05) is 0 Å². The van der Waals surface area contributed by atoms with Crippen molar-refractivity contribution in [3.05, 3.63) is 0 Å². The number of piperidine rings is 3. The Labute approximate surface area is 103 Å². The zero-order valence-electron chi connectivity index (χ0n) is 10.5. The molecule has 4 aliphatic heterocycles. The Morgan fingerprint density at radius 1 is 1.35 bits per heavy atom. The summed E-state index contributed by atoms with van der Waals surface area (Å²) in [6.45, 7) is 6.32. The SMILES string of the molecule is CCCN1CC2C3CCN(CC3)C2C1C(=O)O. The first kappa shape index (κ1) is 11.5. The van der Waals surface area contributed by atoms with Crippen molar-refractivity contribution in [2.45, 2.75) is 38.3 Å². The maximum Gasteiger partial charge on any atom is 0.322 e. The molecule has 4 fully saturated rings. The van der Waals surface area contributed by atoms with Crippen LogP contribution in [-0.4, -0.2) is 59.1 Å². The summed E-state index contributed by atoms with van der Waals surface area (Å²) in [5.41, 5.74) is 0. The fourth-order valence-corrected chi connectivity index (χ4v) is 4.31. The summed E-state index contributed by atoms with van der Waals surface area (Å²) in [4.78, 5) is 16.2. The highest BCUT2D eigenvalue weighted by atomic mass is 16.4. The van der Waals surface area contributed by atoms with E-state index < -0.39 is 5.97 Å². The molecule has 0 aromatic heterocycles. The smallest absolute Gasteiger partial charge is 0.322 e. The van der Waals surface area contributed by atoms with Crippen molar-refractivity contribution in [3.63, 3.8) is 0 Å².